The second kappa shape index (κ2) is 12.3. The van der Waals surface area contributed by atoms with Crippen molar-refractivity contribution in [3.8, 4) is 11.6 Å². The number of aromatic nitrogens is 4. The number of rotatable bonds is 10. The van der Waals surface area contributed by atoms with Gasteiger partial charge in [-0.3, -0.25) is 4.90 Å². The molecule has 4 aromatic rings. The topological polar surface area (TPSA) is 116 Å². The smallest absolute Gasteiger partial charge is 0.335 e. The molecule has 2 aromatic carbocycles. The predicted octanol–water partition coefficient (Wildman–Crippen LogP) is 5.01. The molecular formula is C31H31FN6O5. The minimum Gasteiger partial charge on any atom is -0.497 e. The lowest BCUT2D eigenvalue weighted by molar-refractivity contribution is -0.0593. The minimum atomic E-state index is -0.961. The van der Waals surface area contributed by atoms with E-state index in [0.717, 1.165) is 55.3 Å². The van der Waals surface area contributed by atoms with Crippen LogP contribution in [-0.2, 0) is 24.4 Å². The maximum absolute atomic E-state index is 13.4. The number of likely N-dealkylation sites (tertiary alicyclic amines) is 1. The fraction of sp³-hybridized carbons (Fsp3) is 0.387. The van der Waals surface area contributed by atoms with Gasteiger partial charge in [-0.25, -0.2) is 24.0 Å². The summed E-state index contributed by atoms with van der Waals surface area (Å²) in [6, 6.07) is 10.8. The van der Waals surface area contributed by atoms with E-state index in [4.69, 9.17) is 25.8 Å². The Labute approximate surface area is 247 Å². The van der Waals surface area contributed by atoms with Crippen LogP contribution >= 0.6 is 0 Å². The molecule has 0 aliphatic carbocycles. The van der Waals surface area contributed by atoms with Gasteiger partial charge in [0.1, 0.15) is 30.1 Å². The summed E-state index contributed by atoms with van der Waals surface area (Å²) in [4.78, 5) is 30.9. The lowest BCUT2D eigenvalue weighted by Gasteiger charge is -2.37. The van der Waals surface area contributed by atoms with Crippen LogP contribution in [0.1, 0.15) is 48.2 Å². The number of benzene rings is 2. The number of carbonyl (C=O) groups is 1. The number of aromatic carboxylic acids is 1. The molecule has 2 aliphatic rings. The van der Waals surface area contributed by atoms with Crippen LogP contribution in [0.2, 0.25) is 0 Å². The highest BCUT2D eigenvalue weighted by Gasteiger charge is 2.29. The molecule has 4 heterocycles. The fourth-order valence-electron chi connectivity index (χ4n) is 5.49. The Balaban J connectivity index is 1.09. The van der Waals surface area contributed by atoms with Gasteiger partial charge in [-0.15, -0.1) is 0 Å². The number of fused-ring (bicyclic) bond motifs is 1. The van der Waals surface area contributed by atoms with Crippen LogP contribution in [-0.4, -0.2) is 66.9 Å². The molecule has 0 bridgehead atoms. The van der Waals surface area contributed by atoms with E-state index < -0.39 is 11.8 Å². The number of ether oxygens (including phenoxy) is 3. The van der Waals surface area contributed by atoms with E-state index in [0.29, 0.717) is 24.8 Å². The molecule has 6 rings (SSSR count). The molecule has 3 atom stereocenters. The molecular weight excluding hydrogens is 555 g/mol. The average molecular weight is 587 g/mol. The van der Waals surface area contributed by atoms with Gasteiger partial charge < -0.3 is 23.9 Å². The number of hydrogen-bond donors (Lipinski definition) is 1. The van der Waals surface area contributed by atoms with Crippen LogP contribution in [0.5, 0.6) is 11.6 Å². The van der Waals surface area contributed by atoms with Crippen molar-refractivity contribution in [2.45, 2.75) is 64.1 Å². The molecule has 0 amide bonds. The molecule has 2 aromatic heterocycles. The molecule has 0 saturated carbocycles. The molecule has 222 valence electrons. The molecule has 12 heteroatoms. The van der Waals surface area contributed by atoms with Crippen LogP contribution in [0.4, 0.5) is 10.1 Å². The van der Waals surface area contributed by atoms with Gasteiger partial charge in [0.05, 0.1) is 42.4 Å². The van der Waals surface area contributed by atoms with Gasteiger partial charge in [0.15, 0.2) is 5.82 Å². The number of piperidine rings is 1. The molecule has 2 fully saturated rings. The van der Waals surface area contributed by atoms with Crippen molar-refractivity contribution >= 4 is 22.7 Å². The summed E-state index contributed by atoms with van der Waals surface area (Å²) < 4.78 is 33.1. The summed E-state index contributed by atoms with van der Waals surface area (Å²) in [6.07, 6.45) is 4.22. The zero-order valence-corrected chi connectivity index (χ0v) is 23.6. The van der Waals surface area contributed by atoms with Crippen LogP contribution in [0.3, 0.4) is 0 Å². The summed E-state index contributed by atoms with van der Waals surface area (Å²) >= 11 is 0. The fourth-order valence-corrected chi connectivity index (χ4v) is 5.49. The van der Waals surface area contributed by atoms with E-state index in [9.17, 15) is 14.3 Å². The number of carboxylic acids is 1. The molecule has 1 N–H and O–H groups in total. The monoisotopic (exact) mass is 586 g/mol. The second-order valence-electron chi connectivity index (χ2n) is 10.8. The zero-order valence-electron chi connectivity index (χ0n) is 23.6. The van der Waals surface area contributed by atoms with Crippen LogP contribution < -0.4 is 9.47 Å². The highest BCUT2D eigenvalue weighted by Crippen LogP contribution is 2.30. The van der Waals surface area contributed by atoms with E-state index in [2.05, 4.69) is 31.2 Å². The maximum Gasteiger partial charge on any atom is 0.335 e. The Kier molecular flexibility index (Phi) is 8.18. The Hall–Kier alpha value is -4.60. The second-order valence-corrected chi connectivity index (χ2v) is 10.8. The quantitative estimate of drug-likeness (QED) is 0.256. The highest BCUT2D eigenvalue weighted by atomic mass is 19.1. The summed E-state index contributed by atoms with van der Waals surface area (Å²) in [5, 5.41) is 9.51. The first kappa shape index (κ1) is 28.5. The normalized spacial score (nSPS) is 20.3. The minimum absolute atomic E-state index is 0.0149. The Morgan fingerprint density at radius 3 is 2.81 bits per heavy atom. The van der Waals surface area contributed by atoms with E-state index in [1.165, 1.54) is 12.1 Å². The molecule has 0 spiro atoms. The lowest BCUT2D eigenvalue weighted by atomic mass is 10.0. The molecule has 0 unspecified atom stereocenters. The first-order chi connectivity index (χ1) is 20.9. The Bertz CT molecular complexity index is 1680. The molecule has 43 heavy (non-hydrogen) atoms. The largest absolute Gasteiger partial charge is 0.497 e. The van der Waals surface area contributed by atoms with E-state index in [1.807, 2.05) is 0 Å². The van der Waals surface area contributed by atoms with E-state index in [-0.39, 0.29) is 41.9 Å². The predicted molar refractivity (Wildman–Crippen MR) is 154 cm³/mol. The van der Waals surface area contributed by atoms with E-state index in [1.54, 1.807) is 30.5 Å². The molecule has 11 nitrogen and oxygen atoms in total. The first-order valence-electron chi connectivity index (χ1n) is 14.2. The molecule has 0 radical (unpaired) electrons. The first-order valence-corrected chi connectivity index (χ1v) is 14.2. The van der Waals surface area contributed by atoms with Gasteiger partial charge in [0, 0.05) is 31.5 Å². The standard InChI is InChI=1S/C31H31FN6O5/c1-19-13-22(43-30-7-10-34-28(36-30)18-42-27-6-4-21(32)15-25(27)33-2)8-11-37(19)17-29-35-24-5-3-20(31(39)40)14-26(24)38(29)16-23-9-12-41-23/h3-7,10,14-15,19,22-23H,8-9,11-13,16-18H2,1H3,(H,39,40)/t19-,22-,23-/m0/s1. The number of nitrogens with zero attached hydrogens (tertiary/aromatic N) is 6. The van der Waals surface area contributed by atoms with Crippen molar-refractivity contribution < 1.29 is 28.5 Å². The van der Waals surface area contributed by atoms with Crippen molar-refractivity contribution in [1.82, 2.24) is 24.4 Å². The third kappa shape index (κ3) is 6.43. The zero-order chi connectivity index (χ0) is 29.9. The summed E-state index contributed by atoms with van der Waals surface area (Å²) in [5.41, 5.74) is 1.91. The molecule has 2 aliphatic heterocycles. The number of hydrogen-bond acceptors (Lipinski definition) is 8. The van der Waals surface area contributed by atoms with Gasteiger partial charge >= 0.3 is 5.97 Å². The Morgan fingerprint density at radius 1 is 1.21 bits per heavy atom. The van der Waals surface area contributed by atoms with Gasteiger partial charge in [-0.2, -0.15) is 4.98 Å². The van der Waals surface area contributed by atoms with Gasteiger partial charge in [-0.1, -0.05) is 0 Å². The third-order valence-electron chi connectivity index (χ3n) is 7.93. The van der Waals surface area contributed by atoms with Crippen molar-refractivity contribution in [2.75, 3.05) is 13.2 Å². The van der Waals surface area contributed by atoms with Crippen molar-refractivity contribution in [3.63, 3.8) is 0 Å². The number of carboxylic acid groups (broad SMARTS) is 1. The SMILES string of the molecule is [C-]#[N+]c1cc(F)ccc1OCc1nccc(O[C@H]2CCN(Cc3nc4ccc(C(=O)O)cc4n3C[C@@H]3CCO3)[C@@H](C)C2)n1. The molecule has 2 saturated heterocycles. The highest BCUT2D eigenvalue weighted by molar-refractivity contribution is 5.92. The van der Waals surface area contributed by atoms with Crippen LogP contribution in [0.25, 0.3) is 15.9 Å². The van der Waals surface area contributed by atoms with Gasteiger partial charge in [0.25, 0.3) is 0 Å². The van der Waals surface area contributed by atoms with Gasteiger partial charge in [-0.05, 0) is 62.6 Å². The van der Waals surface area contributed by atoms with Crippen LogP contribution in [0.15, 0.2) is 48.7 Å². The number of imidazole rings is 1. The summed E-state index contributed by atoms with van der Waals surface area (Å²) in [6.45, 7) is 12.2. The van der Waals surface area contributed by atoms with E-state index >= 15 is 0 Å². The van der Waals surface area contributed by atoms with Crippen molar-refractivity contribution in [3.05, 3.63) is 83.1 Å². The lowest BCUT2D eigenvalue weighted by Crippen LogP contribution is -2.44. The average Bonchev–Trinajstić information content (AvgIpc) is 3.31. The van der Waals surface area contributed by atoms with Gasteiger partial charge in [0.2, 0.25) is 11.6 Å². The van der Waals surface area contributed by atoms with Crippen molar-refractivity contribution in [2.24, 2.45) is 0 Å². The van der Waals surface area contributed by atoms with Crippen molar-refractivity contribution in [1.29, 1.82) is 0 Å². The maximum atomic E-state index is 13.4. The Morgan fingerprint density at radius 2 is 2.07 bits per heavy atom. The summed E-state index contributed by atoms with van der Waals surface area (Å²) in [5.74, 6) is 0.536. The van der Waals surface area contributed by atoms with Crippen LogP contribution in [0, 0.1) is 12.4 Å². The number of halogens is 1. The summed E-state index contributed by atoms with van der Waals surface area (Å²) in [7, 11) is 0. The third-order valence-corrected chi connectivity index (χ3v) is 7.93.